The number of thiophene rings is 1. The summed E-state index contributed by atoms with van der Waals surface area (Å²) < 4.78 is 22.8. The van der Waals surface area contributed by atoms with E-state index in [9.17, 15) is 18.0 Å². The highest BCUT2D eigenvalue weighted by molar-refractivity contribution is 7.90. The molecule has 1 aromatic heterocycles. The van der Waals surface area contributed by atoms with Crippen molar-refractivity contribution in [1.82, 2.24) is 10.9 Å². The molecule has 24 heavy (non-hydrogen) atoms. The summed E-state index contributed by atoms with van der Waals surface area (Å²) in [6.07, 6.45) is 1.94. The Kier molecular flexibility index (Phi) is 5.40. The van der Waals surface area contributed by atoms with E-state index in [-0.39, 0.29) is 16.4 Å². The maximum Gasteiger partial charge on any atom is 0.279 e. The molecule has 0 unspecified atom stereocenters. The monoisotopic (exact) mass is 366 g/mol. The van der Waals surface area contributed by atoms with Crippen LogP contribution in [0.4, 0.5) is 0 Å². The second-order valence-electron chi connectivity index (χ2n) is 5.28. The number of benzene rings is 1. The Bertz CT molecular complexity index is 868. The highest BCUT2D eigenvalue weighted by Crippen LogP contribution is 2.22. The van der Waals surface area contributed by atoms with E-state index in [1.54, 1.807) is 6.07 Å². The quantitative estimate of drug-likeness (QED) is 0.811. The Hall–Kier alpha value is -2.19. The van der Waals surface area contributed by atoms with Crippen LogP contribution in [0, 0.1) is 6.92 Å². The van der Waals surface area contributed by atoms with E-state index < -0.39 is 15.7 Å². The van der Waals surface area contributed by atoms with E-state index in [1.165, 1.54) is 35.6 Å². The summed E-state index contributed by atoms with van der Waals surface area (Å²) in [6.45, 7) is 3.95. The maximum atomic E-state index is 12.1. The number of carbonyl (C=O) groups is 2. The second-order valence-corrected chi connectivity index (χ2v) is 8.43. The molecule has 1 aromatic carbocycles. The minimum Gasteiger partial charge on any atom is -0.267 e. The predicted molar refractivity (Wildman–Crippen MR) is 92.9 cm³/mol. The zero-order chi connectivity index (χ0) is 17.9. The van der Waals surface area contributed by atoms with E-state index in [1.807, 2.05) is 13.8 Å². The highest BCUT2D eigenvalue weighted by Gasteiger charge is 2.14. The predicted octanol–water partition coefficient (Wildman–Crippen LogP) is 2.10. The van der Waals surface area contributed by atoms with Crippen molar-refractivity contribution in [3.63, 3.8) is 0 Å². The molecular formula is C16H18N2O4S2. The van der Waals surface area contributed by atoms with Gasteiger partial charge in [0.2, 0.25) is 0 Å². The van der Waals surface area contributed by atoms with Crippen molar-refractivity contribution in [2.24, 2.45) is 0 Å². The van der Waals surface area contributed by atoms with Crippen LogP contribution >= 0.6 is 11.3 Å². The minimum absolute atomic E-state index is 0.129. The number of rotatable bonds is 4. The number of hydrogen-bond acceptors (Lipinski definition) is 5. The van der Waals surface area contributed by atoms with Crippen molar-refractivity contribution < 1.29 is 18.0 Å². The maximum absolute atomic E-state index is 12.1. The van der Waals surface area contributed by atoms with Crippen molar-refractivity contribution >= 4 is 33.0 Å². The van der Waals surface area contributed by atoms with Gasteiger partial charge in [0.25, 0.3) is 11.8 Å². The first-order chi connectivity index (χ1) is 11.2. The van der Waals surface area contributed by atoms with Crippen LogP contribution in [-0.4, -0.2) is 26.5 Å². The van der Waals surface area contributed by atoms with Gasteiger partial charge in [0.15, 0.2) is 9.84 Å². The SMILES string of the molecule is CCc1sc(C(=O)NNC(=O)c2ccc(S(C)(=O)=O)cc2)cc1C. The first-order valence-electron chi connectivity index (χ1n) is 7.22. The summed E-state index contributed by atoms with van der Waals surface area (Å²) in [4.78, 5) is 25.8. The number of aryl methyl sites for hydroxylation is 2. The van der Waals surface area contributed by atoms with Crippen LogP contribution in [0.25, 0.3) is 0 Å². The van der Waals surface area contributed by atoms with Crippen LogP contribution in [0.1, 0.15) is 37.4 Å². The number of amides is 2. The number of nitrogens with one attached hydrogen (secondary N) is 2. The molecule has 128 valence electrons. The van der Waals surface area contributed by atoms with E-state index >= 15 is 0 Å². The molecule has 0 bridgehead atoms. The number of carbonyl (C=O) groups excluding carboxylic acids is 2. The third-order valence-corrected chi connectivity index (χ3v) is 5.91. The fourth-order valence-corrected chi connectivity index (χ4v) is 3.72. The van der Waals surface area contributed by atoms with Gasteiger partial charge in [-0.05, 0) is 49.2 Å². The van der Waals surface area contributed by atoms with Gasteiger partial charge in [-0.15, -0.1) is 11.3 Å². The first kappa shape index (κ1) is 18.2. The molecule has 2 amide bonds. The molecule has 0 aliphatic carbocycles. The molecule has 0 fully saturated rings. The lowest BCUT2D eigenvalue weighted by atomic mass is 10.2. The molecule has 0 saturated carbocycles. The lowest BCUT2D eigenvalue weighted by molar-refractivity contribution is 0.0849. The molecule has 2 aromatic rings. The standard InChI is InChI=1S/C16H18N2O4S2/c1-4-13-10(2)9-14(23-13)16(20)18-17-15(19)11-5-7-12(8-6-11)24(3,21)22/h5-9H,4H2,1-3H3,(H,17,19)(H,18,20). The Morgan fingerprint density at radius 3 is 2.17 bits per heavy atom. The fraction of sp³-hybridized carbons (Fsp3) is 0.250. The van der Waals surface area contributed by atoms with E-state index in [4.69, 9.17) is 0 Å². The van der Waals surface area contributed by atoms with Crippen molar-refractivity contribution in [2.45, 2.75) is 25.2 Å². The Morgan fingerprint density at radius 2 is 1.67 bits per heavy atom. The van der Waals surface area contributed by atoms with Gasteiger partial charge in [0.05, 0.1) is 9.77 Å². The molecule has 0 saturated heterocycles. The summed E-state index contributed by atoms with van der Waals surface area (Å²) in [6, 6.07) is 7.26. The average Bonchev–Trinajstić information content (AvgIpc) is 2.92. The smallest absolute Gasteiger partial charge is 0.267 e. The summed E-state index contributed by atoms with van der Waals surface area (Å²) in [5.74, 6) is -0.906. The molecule has 0 atom stereocenters. The van der Waals surface area contributed by atoms with Crippen molar-refractivity contribution in [3.05, 3.63) is 51.2 Å². The molecular weight excluding hydrogens is 348 g/mol. The molecule has 2 rings (SSSR count). The van der Waals surface area contributed by atoms with Gasteiger partial charge in [-0.25, -0.2) is 8.42 Å². The first-order valence-corrected chi connectivity index (χ1v) is 9.93. The highest BCUT2D eigenvalue weighted by atomic mass is 32.2. The summed E-state index contributed by atoms with van der Waals surface area (Å²) >= 11 is 1.39. The van der Waals surface area contributed by atoms with Crippen LogP contribution in [0.3, 0.4) is 0 Å². The molecule has 1 heterocycles. The van der Waals surface area contributed by atoms with Gasteiger partial charge in [0, 0.05) is 16.7 Å². The zero-order valence-corrected chi connectivity index (χ0v) is 15.2. The molecule has 8 heteroatoms. The van der Waals surface area contributed by atoms with Gasteiger partial charge in [-0.3, -0.25) is 20.4 Å². The average molecular weight is 366 g/mol. The summed E-state index contributed by atoms with van der Waals surface area (Å²) in [5, 5.41) is 0. The third kappa shape index (κ3) is 4.21. The molecule has 6 nitrogen and oxygen atoms in total. The summed E-state index contributed by atoms with van der Waals surface area (Å²) in [5.41, 5.74) is 5.98. The Labute approximate surface area is 144 Å². The van der Waals surface area contributed by atoms with Gasteiger partial charge in [-0.1, -0.05) is 6.92 Å². The molecule has 2 N–H and O–H groups in total. The van der Waals surface area contributed by atoms with Crippen molar-refractivity contribution in [2.75, 3.05) is 6.26 Å². The van der Waals surface area contributed by atoms with Crippen LogP contribution in [0.15, 0.2) is 35.2 Å². The van der Waals surface area contributed by atoms with E-state index in [2.05, 4.69) is 10.9 Å². The van der Waals surface area contributed by atoms with Crippen LogP contribution in [0.5, 0.6) is 0 Å². The zero-order valence-electron chi connectivity index (χ0n) is 13.5. The van der Waals surface area contributed by atoms with Gasteiger partial charge >= 0.3 is 0 Å². The van der Waals surface area contributed by atoms with Crippen LogP contribution < -0.4 is 10.9 Å². The molecule has 0 aliphatic rings. The molecule has 0 radical (unpaired) electrons. The van der Waals surface area contributed by atoms with Gasteiger partial charge in [-0.2, -0.15) is 0 Å². The largest absolute Gasteiger partial charge is 0.279 e. The van der Waals surface area contributed by atoms with Gasteiger partial charge in [0.1, 0.15) is 0 Å². The van der Waals surface area contributed by atoms with E-state index in [0.717, 1.165) is 23.1 Å². The van der Waals surface area contributed by atoms with Crippen molar-refractivity contribution in [1.29, 1.82) is 0 Å². The lowest BCUT2D eigenvalue weighted by Crippen LogP contribution is -2.41. The van der Waals surface area contributed by atoms with E-state index in [0.29, 0.717) is 4.88 Å². The number of hydrazine groups is 1. The fourth-order valence-electron chi connectivity index (χ4n) is 2.08. The van der Waals surface area contributed by atoms with Crippen molar-refractivity contribution in [3.8, 4) is 0 Å². The Morgan fingerprint density at radius 1 is 1.08 bits per heavy atom. The molecule has 0 spiro atoms. The number of hydrogen-bond donors (Lipinski definition) is 2. The third-order valence-electron chi connectivity index (χ3n) is 3.40. The van der Waals surface area contributed by atoms with Gasteiger partial charge < -0.3 is 0 Å². The Balaban J connectivity index is 2.00. The normalized spacial score (nSPS) is 11.1. The lowest BCUT2D eigenvalue weighted by Gasteiger charge is -2.06. The van der Waals surface area contributed by atoms with Crippen LogP contribution in [-0.2, 0) is 16.3 Å². The minimum atomic E-state index is -3.31. The van der Waals surface area contributed by atoms with Crippen LogP contribution in [0.2, 0.25) is 0 Å². The topological polar surface area (TPSA) is 92.3 Å². The number of sulfone groups is 1. The molecule has 0 aliphatic heterocycles. The second kappa shape index (κ2) is 7.14. The summed E-state index contributed by atoms with van der Waals surface area (Å²) in [7, 11) is -3.31.